The number of rotatable bonds is 9. The number of nitrogens with zero attached hydrogens (tertiary/aromatic N) is 2. The van der Waals surface area contributed by atoms with E-state index in [0.29, 0.717) is 51.1 Å². The first-order valence-electron chi connectivity index (χ1n) is 11.4. The Morgan fingerprint density at radius 1 is 1.13 bits per heavy atom. The number of nitrogens with one attached hydrogen (secondary N) is 3. The molecule has 0 radical (unpaired) electrons. The quantitative estimate of drug-likeness (QED) is 0.316. The normalized spacial score (nSPS) is 19.2. The number of halogens is 1. The van der Waals surface area contributed by atoms with Crippen LogP contribution in [-0.2, 0) is 9.53 Å². The van der Waals surface area contributed by atoms with Crippen LogP contribution in [-0.4, -0.2) is 69.8 Å². The fourth-order valence-electron chi connectivity index (χ4n) is 4.38. The van der Waals surface area contributed by atoms with E-state index in [2.05, 4.69) is 25.8 Å². The minimum atomic E-state index is -0.232. The van der Waals surface area contributed by atoms with Crippen LogP contribution in [0.3, 0.4) is 0 Å². The number of hydrogen-bond donors (Lipinski definition) is 3. The molecule has 0 spiro atoms. The fourth-order valence-corrected chi connectivity index (χ4v) is 4.38. The topological polar surface area (TPSA) is 78.0 Å². The number of hydrogen-bond acceptors (Lipinski definition) is 4. The molecule has 1 saturated carbocycles. The molecule has 0 bridgehead atoms. The molecule has 1 aliphatic carbocycles. The van der Waals surface area contributed by atoms with E-state index in [1.54, 1.807) is 7.05 Å². The largest absolute Gasteiger partial charge is 0.379 e. The molecule has 0 aromatic heterocycles. The van der Waals surface area contributed by atoms with Crippen LogP contribution < -0.4 is 16.0 Å². The fraction of sp³-hybridized carbons (Fsp3) is 0.652. The number of morpholine rings is 1. The highest BCUT2D eigenvalue weighted by atomic mass is 19.1. The maximum Gasteiger partial charge on any atom is 0.220 e. The molecule has 3 rings (SSSR count). The molecular formula is C23H36FN5O2. The highest BCUT2D eigenvalue weighted by Gasteiger charge is 2.23. The van der Waals surface area contributed by atoms with Gasteiger partial charge in [-0.2, -0.15) is 0 Å². The van der Waals surface area contributed by atoms with E-state index < -0.39 is 0 Å². The minimum absolute atomic E-state index is 0.0918. The van der Waals surface area contributed by atoms with E-state index in [0.717, 1.165) is 18.7 Å². The maximum atomic E-state index is 13.4. The smallest absolute Gasteiger partial charge is 0.220 e. The van der Waals surface area contributed by atoms with Crippen LogP contribution >= 0.6 is 0 Å². The Kier molecular flexibility index (Phi) is 9.55. The average Bonchev–Trinajstić information content (AvgIpc) is 3.30. The predicted octanol–water partition coefficient (Wildman–Crippen LogP) is 2.06. The van der Waals surface area contributed by atoms with Crippen LogP contribution in [0.5, 0.6) is 0 Å². The first-order valence-corrected chi connectivity index (χ1v) is 11.4. The van der Waals surface area contributed by atoms with Gasteiger partial charge in [0.2, 0.25) is 5.91 Å². The van der Waals surface area contributed by atoms with Crippen molar-refractivity contribution in [1.29, 1.82) is 0 Å². The van der Waals surface area contributed by atoms with E-state index in [4.69, 9.17) is 4.74 Å². The third-order valence-electron chi connectivity index (χ3n) is 6.12. The summed E-state index contributed by atoms with van der Waals surface area (Å²) in [5.74, 6) is 1.15. The van der Waals surface area contributed by atoms with Gasteiger partial charge in [-0.05, 0) is 36.5 Å². The number of ether oxygens (including phenoxy) is 1. The van der Waals surface area contributed by atoms with Crippen molar-refractivity contribution in [2.24, 2.45) is 10.9 Å². The van der Waals surface area contributed by atoms with Crippen molar-refractivity contribution in [3.63, 3.8) is 0 Å². The highest BCUT2D eigenvalue weighted by Crippen LogP contribution is 2.27. The summed E-state index contributed by atoms with van der Waals surface area (Å²) in [6, 6.07) is 6.78. The summed E-state index contributed by atoms with van der Waals surface area (Å²) in [4.78, 5) is 18.7. The molecule has 1 heterocycles. The Labute approximate surface area is 184 Å². The number of carbonyl (C=O) groups is 1. The number of benzene rings is 1. The lowest BCUT2D eigenvalue weighted by Crippen LogP contribution is -2.47. The van der Waals surface area contributed by atoms with Gasteiger partial charge in [0.05, 0.1) is 19.3 Å². The van der Waals surface area contributed by atoms with E-state index in [9.17, 15) is 9.18 Å². The molecule has 1 amide bonds. The van der Waals surface area contributed by atoms with Crippen molar-refractivity contribution < 1.29 is 13.9 Å². The summed E-state index contributed by atoms with van der Waals surface area (Å²) >= 11 is 0. The lowest BCUT2D eigenvalue weighted by molar-refractivity contribution is -0.121. The molecule has 8 heteroatoms. The van der Waals surface area contributed by atoms with Crippen molar-refractivity contribution in [2.45, 2.75) is 38.1 Å². The van der Waals surface area contributed by atoms with E-state index in [1.165, 1.54) is 37.8 Å². The number of guanidine groups is 1. The summed E-state index contributed by atoms with van der Waals surface area (Å²) in [5, 5.41) is 9.63. The summed E-state index contributed by atoms with van der Waals surface area (Å²) in [7, 11) is 1.73. The Morgan fingerprint density at radius 3 is 2.48 bits per heavy atom. The van der Waals surface area contributed by atoms with Gasteiger partial charge in [-0.1, -0.05) is 25.0 Å². The van der Waals surface area contributed by atoms with Gasteiger partial charge in [-0.25, -0.2) is 4.39 Å². The molecule has 31 heavy (non-hydrogen) atoms. The molecule has 7 nitrogen and oxygen atoms in total. The molecule has 2 aliphatic rings. The van der Waals surface area contributed by atoms with Crippen LogP contribution in [0.15, 0.2) is 29.3 Å². The van der Waals surface area contributed by atoms with Crippen LogP contribution in [0.1, 0.15) is 43.7 Å². The van der Waals surface area contributed by atoms with Crippen LogP contribution in [0.25, 0.3) is 0 Å². The lowest BCUT2D eigenvalue weighted by Gasteiger charge is -2.35. The van der Waals surface area contributed by atoms with Crippen molar-refractivity contribution in [1.82, 2.24) is 20.9 Å². The van der Waals surface area contributed by atoms with E-state index in [-0.39, 0.29) is 17.8 Å². The molecule has 1 aliphatic heterocycles. The summed E-state index contributed by atoms with van der Waals surface area (Å²) in [5.41, 5.74) is 1.06. The summed E-state index contributed by atoms with van der Waals surface area (Å²) < 4.78 is 18.9. The summed E-state index contributed by atoms with van der Waals surface area (Å²) in [6.45, 7) is 4.88. The van der Waals surface area contributed by atoms with Gasteiger partial charge >= 0.3 is 0 Å². The van der Waals surface area contributed by atoms with Gasteiger partial charge in [0.15, 0.2) is 5.96 Å². The maximum absolute atomic E-state index is 13.4. The monoisotopic (exact) mass is 433 g/mol. The average molecular weight is 434 g/mol. The van der Waals surface area contributed by atoms with Crippen molar-refractivity contribution >= 4 is 11.9 Å². The molecular weight excluding hydrogens is 397 g/mol. The van der Waals surface area contributed by atoms with Gasteiger partial charge < -0.3 is 20.7 Å². The SMILES string of the molecule is CN=C(NCCNC(=O)CC1CCCC1)NCC(c1ccc(F)cc1)N1CCOCC1. The van der Waals surface area contributed by atoms with Crippen molar-refractivity contribution in [3.8, 4) is 0 Å². The zero-order chi connectivity index (χ0) is 21.9. The van der Waals surface area contributed by atoms with Crippen molar-refractivity contribution in [3.05, 3.63) is 35.6 Å². The zero-order valence-corrected chi connectivity index (χ0v) is 18.5. The Hall–Kier alpha value is -2.19. The van der Waals surface area contributed by atoms with Gasteiger partial charge in [-0.15, -0.1) is 0 Å². The first kappa shape index (κ1) is 23.5. The van der Waals surface area contributed by atoms with E-state index >= 15 is 0 Å². The highest BCUT2D eigenvalue weighted by molar-refractivity contribution is 5.80. The molecule has 2 fully saturated rings. The Bertz CT molecular complexity index is 700. The first-order chi connectivity index (χ1) is 15.2. The second-order valence-electron chi connectivity index (χ2n) is 8.30. The van der Waals surface area contributed by atoms with Gasteiger partial charge in [0.1, 0.15) is 5.82 Å². The molecule has 172 valence electrons. The third-order valence-corrected chi connectivity index (χ3v) is 6.12. The van der Waals surface area contributed by atoms with Crippen molar-refractivity contribution in [2.75, 3.05) is 53.0 Å². The molecule has 1 unspecified atom stereocenters. The summed E-state index contributed by atoms with van der Waals surface area (Å²) in [6.07, 6.45) is 5.52. The lowest BCUT2D eigenvalue weighted by atomic mass is 10.0. The van der Waals surface area contributed by atoms with Gasteiger partial charge in [0, 0.05) is 46.2 Å². The minimum Gasteiger partial charge on any atom is -0.379 e. The number of carbonyl (C=O) groups excluding carboxylic acids is 1. The second-order valence-corrected chi connectivity index (χ2v) is 8.30. The second kappa shape index (κ2) is 12.6. The molecule has 1 atom stereocenters. The zero-order valence-electron chi connectivity index (χ0n) is 18.5. The number of aliphatic imine (C=N–C) groups is 1. The van der Waals surface area contributed by atoms with Crippen LogP contribution in [0.4, 0.5) is 4.39 Å². The Morgan fingerprint density at radius 2 is 1.81 bits per heavy atom. The third kappa shape index (κ3) is 7.78. The van der Waals surface area contributed by atoms with Gasteiger partial charge in [0.25, 0.3) is 0 Å². The van der Waals surface area contributed by atoms with Gasteiger partial charge in [-0.3, -0.25) is 14.7 Å². The standard InChI is InChI=1S/C23H36FN5O2/c1-25-23(27-11-10-26-22(30)16-18-4-2-3-5-18)28-17-21(29-12-14-31-15-13-29)19-6-8-20(24)9-7-19/h6-9,18,21H,2-5,10-17H2,1H3,(H,26,30)(H2,25,27,28). The molecule has 3 N–H and O–H groups in total. The van der Waals surface area contributed by atoms with Crippen LogP contribution in [0, 0.1) is 11.7 Å². The Balaban J connectivity index is 1.44. The predicted molar refractivity (Wildman–Crippen MR) is 120 cm³/mol. The molecule has 1 aromatic carbocycles. The molecule has 1 saturated heterocycles. The number of amides is 1. The van der Waals surface area contributed by atoms with Crippen LogP contribution in [0.2, 0.25) is 0 Å². The molecule has 1 aromatic rings. The van der Waals surface area contributed by atoms with E-state index in [1.807, 2.05) is 12.1 Å².